The van der Waals surface area contributed by atoms with E-state index < -0.39 is 11.7 Å². The van der Waals surface area contributed by atoms with Crippen LogP contribution in [0.2, 0.25) is 0 Å². The van der Waals surface area contributed by atoms with Crippen molar-refractivity contribution in [3.63, 3.8) is 0 Å². The molecule has 5 aromatic rings. The van der Waals surface area contributed by atoms with Gasteiger partial charge in [0, 0.05) is 38.9 Å². The van der Waals surface area contributed by atoms with Crippen molar-refractivity contribution in [2.45, 2.75) is 19.3 Å². The molecule has 1 fully saturated rings. The van der Waals surface area contributed by atoms with Crippen LogP contribution in [0.5, 0.6) is 0 Å². The maximum absolute atomic E-state index is 13.0. The number of nitrogens with zero attached hydrogens (tertiary/aromatic N) is 7. The third-order valence-electron chi connectivity index (χ3n) is 6.92. The van der Waals surface area contributed by atoms with Gasteiger partial charge >= 0.3 is 6.18 Å². The van der Waals surface area contributed by atoms with Crippen molar-refractivity contribution in [2.75, 3.05) is 41.3 Å². The largest absolute Gasteiger partial charge is 0.416 e. The van der Waals surface area contributed by atoms with E-state index >= 15 is 0 Å². The number of hydrogen-bond donors (Lipinski definition) is 1. The van der Waals surface area contributed by atoms with E-state index in [1.807, 2.05) is 53.1 Å². The Morgan fingerprint density at radius 3 is 2.17 bits per heavy atom. The van der Waals surface area contributed by atoms with Gasteiger partial charge < -0.3 is 19.7 Å². The van der Waals surface area contributed by atoms with Crippen LogP contribution in [-0.4, -0.2) is 50.7 Å². The lowest BCUT2D eigenvalue weighted by molar-refractivity contribution is -0.137. The Morgan fingerprint density at radius 1 is 0.750 bits per heavy atom. The molecule has 4 heterocycles. The number of aromatic nitrogens is 5. The molecular formula is C29H27F3N8. The third kappa shape index (κ3) is 5.54. The number of benzene rings is 2. The highest BCUT2D eigenvalue weighted by molar-refractivity contribution is 5.84. The minimum Gasteiger partial charge on any atom is -0.364 e. The predicted octanol–water partition coefficient (Wildman–Crippen LogP) is 5.23. The second-order valence-electron chi connectivity index (χ2n) is 9.61. The Bertz CT molecular complexity index is 1560. The standard InChI is InChI=1S/C29H27F3N8/c30-29(31,32)23-11-9-22(10-12-23)19-40-20-35-25-26(34-18-21-6-2-1-3-7-21)36-28(37-27(25)40)39-16-14-38(15-17-39)24-8-4-5-13-33-24/h1-13,20H,14-19H2,(H,34,36,37). The highest BCUT2D eigenvalue weighted by Crippen LogP contribution is 2.30. The predicted molar refractivity (Wildman–Crippen MR) is 148 cm³/mol. The Morgan fingerprint density at radius 2 is 1.48 bits per heavy atom. The summed E-state index contributed by atoms with van der Waals surface area (Å²) in [4.78, 5) is 23.2. The second kappa shape index (κ2) is 10.8. The number of hydrogen-bond acceptors (Lipinski definition) is 7. The van der Waals surface area contributed by atoms with Gasteiger partial charge in [0.15, 0.2) is 17.0 Å². The quantitative estimate of drug-likeness (QED) is 0.301. The molecule has 204 valence electrons. The van der Waals surface area contributed by atoms with Gasteiger partial charge in [-0.2, -0.15) is 23.1 Å². The van der Waals surface area contributed by atoms with Gasteiger partial charge in [0.1, 0.15) is 5.82 Å². The molecule has 0 aliphatic carbocycles. The molecule has 1 N–H and O–H groups in total. The molecule has 0 amide bonds. The molecule has 1 aliphatic rings. The van der Waals surface area contributed by atoms with Crippen LogP contribution in [0.1, 0.15) is 16.7 Å². The van der Waals surface area contributed by atoms with E-state index in [0.29, 0.717) is 49.1 Å². The molecule has 0 atom stereocenters. The highest BCUT2D eigenvalue weighted by Gasteiger charge is 2.30. The summed E-state index contributed by atoms with van der Waals surface area (Å²) in [6.07, 6.45) is -0.920. The first-order valence-electron chi connectivity index (χ1n) is 13.0. The molecule has 0 spiro atoms. The van der Waals surface area contributed by atoms with Gasteiger partial charge in [0.25, 0.3) is 0 Å². The van der Waals surface area contributed by atoms with E-state index in [4.69, 9.17) is 9.97 Å². The Kier molecular flexibility index (Phi) is 6.93. The SMILES string of the molecule is FC(F)(F)c1ccc(Cn2cnc3c(NCc4ccccc4)nc(N4CCN(c5ccccn5)CC4)nc32)cc1. The summed E-state index contributed by atoms with van der Waals surface area (Å²) in [5, 5.41) is 3.42. The average molecular weight is 545 g/mol. The Balaban J connectivity index is 1.29. The first-order chi connectivity index (χ1) is 19.4. The summed E-state index contributed by atoms with van der Waals surface area (Å²) in [5.74, 6) is 2.14. The summed E-state index contributed by atoms with van der Waals surface area (Å²) >= 11 is 0. The lowest BCUT2D eigenvalue weighted by Gasteiger charge is -2.35. The fourth-order valence-corrected chi connectivity index (χ4v) is 4.77. The smallest absolute Gasteiger partial charge is 0.364 e. The van der Waals surface area contributed by atoms with Crippen molar-refractivity contribution in [3.05, 3.63) is 102 Å². The van der Waals surface area contributed by atoms with Crippen LogP contribution >= 0.6 is 0 Å². The Labute approximate surface area is 229 Å². The number of nitrogens with one attached hydrogen (secondary N) is 1. The zero-order chi connectivity index (χ0) is 27.5. The van der Waals surface area contributed by atoms with Gasteiger partial charge in [-0.05, 0) is 35.4 Å². The number of halogens is 3. The zero-order valence-corrected chi connectivity index (χ0v) is 21.6. The van der Waals surface area contributed by atoms with E-state index in [2.05, 4.69) is 25.1 Å². The third-order valence-corrected chi connectivity index (χ3v) is 6.92. The minimum absolute atomic E-state index is 0.330. The van der Waals surface area contributed by atoms with Crippen LogP contribution in [0, 0.1) is 0 Å². The van der Waals surface area contributed by atoms with Crippen LogP contribution in [0.4, 0.5) is 30.8 Å². The fourth-order valence-electron chi connectivity index (χ4n) is 4.77. The molecule has 2 aromatic carbocycles. The van der Waals surface area contributed by atoms with E-state index in [1.165, 1.54) is 12.1 Å². The molecule has 0 unspecified atom stereocenters. The Hall–Kier alpha value is -4.67. The normalized spacial score (nSPS) is 14.1. The molecule has 0 saturated carbocycles. The lowest BCUT2D eigenvalue weighted by atomic mass is 10.1. The molecule has 3 aromatic heterocycles. The number of fused-ring (bicyclic) bond motifs is 1. The van der Waals surface area contributed by atoms with Gasteiger partial charge in [-0.3, -0.25) is 0 Å². The van der Waals surface area contributed by atoms with Crippen molar-refractivity contribution in [1.29, 1.82) is 0 Å². The minimum atomic E-state index is -4.37. The topological polar surface area (TPSA) is 75.0 Å². The van der Waals surface area contributed by atoms with E-state index in [-0.39, 0.29) is 0 Å². The van der Waals surface area contributed by atoms with Gasteiger partial charge in [0.2, 0.25) is 5.95 Å². The monoisotopic (exact) mass is 544 g/mol. The molecule has 40 heavy (non-hydrogen) atoms. The maximum Gasteiger partial charge on any atom is 0.416 e. The molecule has 11 heteroatoms. The number of imidazole rings is 1. The number of piperazine rings is 1. The summed E-state index contributed by atoms with van der Waals surface area (Å²) in [6.45, 7) is 3.87. The van der Waals surface area contributed by atoms with E-state index in [1.54, 1.807) is 12.5 Å². The maximum atomic E-state index is 13.0. The zero-order valence-electron chi connectivity index (χ0n) is 21.6. The highest BCUT2D eigenvalue weighted by atomic mass is 19.4. The van der Waals surface area contributed by atoms with E-state index in [9.17, 15) is 13.2 Å². The van der Waals surface area contributed by atoms with Crippen LogP contribution in [0.15, 0.2) is 85.3 Å². The van der Waals surface area contributed by atoms with E-state index in [0.717, 1.165) is 42.2 Å². The number of alkyl halides is 3. The van der Waals surface area contributed by atoms with Gasteiger partial charge in [0.05, 0.1) is 18.4 Å². The summed E-state index contributed by atoms with van der Waals surface area (Å²) in [6, 6.07) is 21.1. The van der Waals surface area contributed by atoms with Crippen molar-refractivity contribution in [3.8, 4) is 0 Å². The van der Waals surface area contributed by atoms with Crippen LogP contribution in [0.25, 0.3) is 11.2 Å². The van der Waals surface area contributed by atoms with Crippen molar-refractivity contribution in [1.82, 2.24) is 24.5 Å². The first-order valence-corrected chi connectivity index (χ1v) is 13.0. The van der Waals surface area contributed by atoms with Crippen LogP contribution < -0.4 is 15.1 Å². The van der Waals surface area contributed by atoms with Crippen molar-refractivity contribution < 1.29 is 13.2 Å². The molecule has 1 saturated heterocycles. The fraction of sp³-hybridized carbons (Fsp3) is 0.241. The van der Waals surface area contributed by atoms with Gasteiger partial charge in [-0.15, -0.1) is 0 Å². The van der Waals surface area contributed by atoms with Gasteiger partial charge in [-0.25, -0.2) is 9.97 Å². The summed E-state index contributed by atoms with van der Waals surface area (Å²) in [7, 11) is 0. The van der Waals surface area contributed by atoms with Crippen molar-refractivity contribution >= 4 is 28.7 Å². The number of rotatable bonds is 7. The van der Waals surface area contributed by atoms with Crippen LogP contribution in [-0.2, 0) is 19.3 Å². The molecule has 8 nitrogen and oxygen atoms in total. The molecule has 1 aliphatic heterocycles. The molecule has 6 rings (SSSR count). The summed E-state index contributed by atoms with van der Waals surface area (Å²) in [5.41, 5.74) is 2.37. The molecule has 0 radical (unpaired) electrons. The van der Waals surface area contributed by atoms with Crippen molar-refractivity contribution in [2.24, 2.45) is 0 Å². The molecular weight excluding hydrogens is 517 g/mol. The molecule has 0 bridgehead atoms. The first kappa shape index (κ1) is 25.6. The average Bonchev–Trinajstić information content (AvgIpc) is 3.39. The second-order valence-corrected chi connectivity index (χ2v) is 9.61. The lowest BCUT2D eigenvalue weighted by Crippen LogP contribution is -2.47. The number of pyridine rings is 1. The summed E-state index contributed by atoms with van der Waals surface area (Å²) < 4.78 is 41.0. The van der Waals surface area contributed by atoms with Gasteiger partial charge in [-0.1, -0.05) is 48.5 Å². The van der Waals surface area contributed by atoms with Crippen LogP contribution in [0.3, 0.4) is 0 Å². The number of anilines is 3.